The highest BCUT2D eigenvalue weighted by Crippen LogP contribution is 2.29. The summed E-state index contributed by atoms with van der Waals surface area (Å²) in [6.45, 7) is 6.50. The Morgan fingerprint density at radius 1 is 1.27 bits per heavy atom. The van der Waals surface area contributed by atoms with Gasteiger partial charge < -0.3 is 15.1 Å². The van der Waals surface area contributed by atoms with Crippen LogP contribution in [0.4, 0.5) is 13.2 Å². The van der Waals surface area contributed by atoms with Crippen LogP contribution in [0.2, 0.25) is 0 Å². The lowest BCUT2D eigenvalue weighted by atomic mass is 10.1. The average Bonchev–Trinajstić information content (AvgIpc) is 3.24. The van der Waals surface area contributed by atoms with E-state index in [4.69, 9.17) is 4.42 Å². The van der Waals surface area contributed by atoms with E-state index in [0.29, 0.717) is 24.9 Å². The van der Waals surface area contributed by atoms with Crippen LogP contribution in [-0.4, -0.2) is 42.0 Å². The molecule has 1 aliphatic heterocycles. The van der Waals surface area contributed by atoms with Crippen LogP contribution in [0.15, 0.2) is 33.7 Å². The summed E-state index contributed by atoms with van der Waals surface area (Å²) in [5.74, 6) is 2.08. The van der Waals surface area contributed by atoms with Gasteiger partial charge in [-0.15, -0.1) is 24.0 Å². The van der Waals surface area contributed by atoms with Crippen molar-refractivity contribution < 1.29 is 17.6 Å². The van der Waals surface area contributed by atoms with Crippen LogP contribution in [0.3, 0.4) is 0 Å². The monoisotopic (exact) mass is 537 g/mol. The zero-order valence-corrected chi connectivity index (χ0v) is 19.5. The number of alkyl halides is 3. The zero-order valence-electron chi connectivity index (χ0n) is 17.2. The average molecular weight is 537 g/mol. The van der Waals surface area contributed by atoms with E-state index in [1.807, 2.05) is 13.8 Å². The van der Waals surface area contributed by atoms with E-state index in [1.165, 1.54) is 0 Å². The van der Waals surface area contributed by atoms with Gasteiger partial charge in [0.1, 0.15) is 5.76 Å². The summed E-state index contributed by atoms with van der Waals surface area (Å²) in [7, 11) is 1.70. The lowest BCUT2D eigenvalue weighted by Crippen LogP contribution is -2.44. The molecule has 1 fully saturated rings. The Labute approximate surface area is 191 Å². The fraction of sp³-hybridized carbons (Fsp3) is 0.500. The maximum absolute atomic E-state index is 12.7. The minimum absolute atomic E-state index is 0. The van der Waals surface area contributed by atoms with E-state index in [-0.39, 0.29) is 30.0 Å². The molecule has 0 aliphatic carbocycles. The Kier molecular flexibility index (Phi) is 8.53. The highest BCUT2D eigenvalue weighted by molar-refractivity contribution is 14.0. The van der Waals surface area contributed by atoms with Crippen LogP contribution in [0, 0.1) is 13.8 Å². The van der Waals surface area contributed by atoms with E-state index >= 15 is 0 Å². The molecule has 30 heavy (non-hydrogen) atoms. The third kappa shape index (κ3) is 6.59. The van der Waals surface area contributed by atoms with Crippen molar-refractivity contribution in [2.24, 2.45) is 4.99 Å². The Morgan fingerprint density at radius 3 is 2.53 bits per heavy atom. The quantitative estimate of drug-likeness (QED) is 0.345. The number of aromatic nitrogens is 1. The van der Waals surface area contributed by atoms with Gasteiger partial charge in [-0.3, -0.25) is 9.89 Å². The van der Waals surface area contributed by atoms with Gasteiger partial charge in [-0.25, -0.2) is 4.98 Å². The number of rotatable bonds is 5. The van der Waals surface area contributed by atoms with E-state index < -0.39 is 11.7 Å². The predicted octanol–water partition coefficient (Wildman–Crippen LogP) is 3.87. The molecule has 1 aromatic heterocycles. The molecule has 6 nitrogen and oxygen atoms in total. The number of guanidine groups is 1. The first kappa shape index (κ1) is 24.4. The van der Waals surface area contributed by atoms with Crippen LogP contribution in [0.1, 0.15) is 34.9 Å². The van der Waals surface area contributed by atoms with Gasteiger partial charge in [0.05, 0.1) is 17.8 Å². The van der Waals surface area contributed by atoms with Gasteiger partial charge in [-0.2, -0.15) is 13.2 Å². The van der Waals surface area contributed by atoms with Crippen molar-refractivity contribution in [3.05, 3.63) is 52.7 Å². The zero-order chi connectivity index (χ0) is 21.0. The second-order valence-electron chi connectivity index (χ2n) is 7.23. The fourth-order valence-corrected chi connectivity index (χ4v) is 3.31. The van der Waals surface area contributed by atoms with Gasteiger partial charge in [0, 0.05) is 32.7 Å². The Hall–Kier alpha value is -1.82. The van der Waals surface area contributed by atoms with Gasteiger partial charge in [-0.05, 0) is 38.0 Å². The van der Waals surface area contributed by atoms with Crippen LogP contribution in [-0.2, 0) is 19.3 Å². The fourth-order valence-electron chi connectivity index (χ4n) is 3.31. The first-order valence-electron chi connectivity index (χ1n) is 9.53. The molecular weight excluding hydrogens is 510 g/mol. The molecule has 1 unspecified atom stereocenters. The van der Waals surface area contributed by atoms with Crippen LogP contribution >= 0.6 is 24.0 Å². The number of aliphatic imine (C=N–C) groups is 1. The normalized spacial score (nSPS) is 17.7. The van der Waals surface area contributed by atoms with Crippen molar-refractivity contribution in [1.82, 2.24) is 20.5 Å². The van der Waals surface area contributed by atoms with Crippen molar-refractivity contribution in [2.45, 2.75) is 45.6 Å². The van der Waals surface area contributed by atoms with Gasteiger partial charge in [0.15, 0.2) is 5.96 Å². The van der Waals surface area contributed by atoms with E-state index in [1.54, 1.807) is 19.2 Å². The molecule has 1 aromatic carbocycles. The standard InChI is InChI=1S/C20H26F3N5O.HI/c1-13-14(2)29-18(26-13)10-25-19(24-3)27-17-8-9-28(12-17)11-15-4-6-16(7-5-15)20(21,22)23;/h4-7,17H,8-12H2,1-3H3,(H2,24,25,27);1H. The molecule has 0 radical (unpaired) electrons. The lowest BCUT2D eigenvalue weighted by molar-refractivity contribution is -0.137. The Balaban J connectivity index is 0.00000320. The van der Waals surface area contributed by atoms with Crippen LogP contribution in [0.5, 0.6) is 0 Å². The van der Waals surface area contributed by atoms with Gasteiger partial charge in [0.2, 0.25) is 5.89 Å². The van der Waals surface area contributed by atoms with Crippen molar-refractivity contribution in [1.29, 1.82) is 0 Å². The van der Waals surface area contributed by atoms with Crippen molar-refractivity contribution in [2.75, 3.05) is 20.1 Å². The summed E-state index contributed by atoms with van der Waals surface area (Å²) in [4.78, 5) is 10.8. The molecule has 0 amide bonds. The van der Waals surface area contributed by atoms with Crippen LogP contribution < -0.4 is 10.6 Å². The molecule has 1 atom stereocenters. The molecule has 0 spiro atoms. The molecule has 2 heterocycles. The first-order chi connectivity index (χ1) is 13.7. The van der Waals surface area contributed by atoms with Crippen LogP contribution in [0.25, 0.3) is 0 Å². The molecule has 2 aromatic rings. The summed E-state index contributed by atoms with van der Waals surface area (Å²) < 4.78 is 43.6. The summed E-state index contributed by atoms with van der Waals surface area (Å²) in [5.41, 5.74) is 1.13. The minimum atomic E-state index is -4.30. The Morgan fingerprint density at radius 2 is 1.97 bits per heavy atom. The van der Waals surface area contributed by atoms with Crippen molar-refractivity contribution in [3.63, 3.8) is 0 Å². The number of aryl methyl sites for hydroxylation is 2. The molecule has 2 N–H and O–H groups in total. The first-order valence-corrected chi connectivity index (χ1v) is 9.53. The lowest BCUT2D eigenvalue weighted by Gasteiger charge is -2.19. The van der Waals surface area contributed by atoms with E-state index in [2.05, 4.69) is 25.5 Å². The van der Waals surface area contributed by atoms with Gasteiger partial charge in [0.25, 0.3) is 0 Å². The van der Waals surface area contributed by atoms with Crippen molar-refractivity contribution >= 4 is 29.9 Å². The minimum Gasteiger partial charge on any atom is -0.444 e. The molecule has 10 heteroatoms. The third-order valence-electron chi connectivity index (χ3n) is 5.00. The topological polar surface area (TPSA) is 65.7 Å². The highest BCUT2D eigenvalue weighted by Gasteiger charge is 2.30. The predicted molar refractivity (Wildman–Crippen MR) is 120 cm³/mol. The number of halogens is 4. The third-order valence-corrected chi connectivity index (χ3v) is 5.00. The van der Waals surface area contributed by atoms with E-state index in [9.17, 15) is 13.2 Å². The molecule has 0 saturated carbocycles. The highest BCUT2D eigenvalue weighted by atomic mass is 127. The summed E-state index contributed by atoms with van der Waals surface area (Å²) in [6.07, 6.45) is -3.37. The molecule has 0 bridgehead atoms. The number of hydrogen-bond donors (Lipinski definition) is 2. The molecular formula is C20H27F3IN5O. The SMILES string of the molecule is CN=C(NCc1nc(C)c(C)o1)NC1CCN(Cc2ccc(C(F)(F)F)cc2)C1.I. The van der Waals surface area contributed by atoms with E-state index in [0.717, 1.165) is 48.7 Å². The number of likely N-dealkylation sites (tertiary alicyclic amines) is 1. The number of benzene rings is 1. The number of nitrogens with zero attached hydrogens (tertiary/aromatic N) is 3. The second-order valence-corrected chi connectivity index (χ2v) is 7.23. The maximum atomic E-state index is 12.7. The molecule has 166 valence electrons. The number of oxazole rings is 1. The number of hydrogen-bond acceptors (Lipinski definition) is 4. The Bertz CT molecular complexity index is 832. The smallest absolute Gasteiger partial charge is 0.416 e. The number of nitrogens with one attached hydrogen (secondary N) is 2. The largest absolute Gasteiger partial charge is 0.444 e. The molecule has 3 rings (SSSR count). The molecule has 1 saturated heterocycles. The summed E-state index contributed by atoms with van der Waals surface area (Å²) in [5, 5.41) is 6.58. The summed E-state index contributed by atoms with van der Waals surface area (Å²) >= 11 is 0. The van der Waals surface area contributed by atoms with Gasteiger partial charge >= 0.3 is 6.18 Å². The van der Waals surface area contributed by atoms with Gasteiger partial charge in [-0.1, -0.05) is 12.1 Å². The second kappa shape index (κ2) is 10.5. The van der Waals surface area contributed by atoms with Crippen molar-refractivity contribution in [3.8, 4) is 0 Å². The maximum Gasteiger partial charge on any atom is 0.416 e. The molecule has 1 aliphatic rings. The summed E-state index contributed by atoms with van der Waals surface area (Å²) in [6, 6.07) is 5.58.